The molecule has 1 aromatic heterocycles. The summed E-state index contributed by atoms with van der Waals surface area (Å²) in [5.41, 5.74) is 0.794. The lowest BCUT2D eigenvalue weighted by atomic mass is 10.5. The second-order valence-corrected chi connectivity index (χ2v) is 7.81. The van der Waals surface area contributed by atoms with Gasteiger partial charge in [0.05, 0.1) is 5.69 Å². The second-order valence-electron chi connectivity index (χ2n) is 4.45. The van der Waals surface area contributed by atoms with Gasteiger partial charge in [-0.05, 0) is 6.54 Å². The van der Waals surface area contributed by atoms with Crippen LogP contribution < -0.4 is 10.2 Å². The van der Waals surface area contributed by atoms with E-state index in [9.17, 15) is 8.42 Å². The molecule has 1 saturated heterocycles. The Kier molecular flexibility index (Phi) is 4.75. The van der Waals surface area contributed by atoms with Gasteiger partial charge >= 0.3 is 0 Å². The topological polar surface area (TPSA) is 75.4 Å². The molecular formula is C11H19N3O3S2. The van der Waals surface area contributed by atoms with Gasteiger partial charge in [-0.25, -0.2) is 8.42 Å². The van der Waals surface area contributed by atoms with Crippen LogP contribution >= 0.6 is 11.8 Å². The number of oxazole rings is 1. The van der Waals surface area contributed by atoms with Gasteiger partial charge in [-0.15, -0.1) is 0 Å². The van der Waals surface area contributed by atoms with Gasteiger partial charge in [-0.2, -0.15) is 16.7 Å². The summed E-state index contributed by atoms with van der Waals surface area (Å²) < 4.78 is 29.1. The standard InChI is InChI=1S/C11H19N3O3S2/c1-3-12-6-9-7-17-11(13-9)14-4-5-18-8-10(14)19(2,15)16/h7,10,12H,3-6,8H2,1-2H3. The van der Waals surface area contributed by atoms with E-state index >= 15 is 0 Å². The molecule has 1 aromatic rings. The Morgan fingerprint density at radius 1 is 1.63 bits per heavy atom. The van der Waals surface area contributed by atoms with Gasteiger partial charge in [-0.1, -0.05) is 6.92 Å². The van der Waals surface area contributed by atoms with Crippen molar-refractivity contribution in [2.75, 3.05) is 35.8 Å². The first-order valence-corrected chi connectivity index (χ1v) is 9.31. The van der Waals surface area contributed by atoms with Crippen LogP contribution in [0.5, 0.6) is 0 Å². The molecule has 1 aliphatic rings. The minimum Gasteiger partial charge on any atom is -0.432 e. The van der Waals surface area contributed by atoms with Crippen LogP contribution in [0.3, 0.4) is 0 Å². The Hall–Kier alpha value is -0.730. The summed E-state index contributed by atoms with van der Waals surface area (Å²) in [6, 6.07) is 0.406. The van der Waals surface area contributed by atoms with E-state index < -0.39 is 15.2 Å². The number of aromatic nitrogens is 1. The lowest BCUT2D eigenvalue weighted by Gasteiger charge is -2.32. The highest BCUT2D eigenvalue weighted by molar-refractivity contribution is 8.01. The summed E-state index contributed by atoms with van der Waals surface area (Å²) in [4.78, 5) is 6.11. The largest absolute Gasteiger partial charge is 0.432 e. The second kappa shape index (κ2) is 6.15. The maximum absolute atomic E-state index is 11.8. The van der Waals surface area contributed by atoms with E-state index in [1.54, 1.807) is 22.9 Å². The van der Waals surface area contributed by atoms with Crippen LogP contribution in [-0.2, 0) is 16.4 Å². The third-order valence-electron chi connectivity index (χ3n) is 2.92. The molecule has 1 N–H and O–H groups in total. The van der Waals surface area contributed by atoms with E-state index in [4.69, 9.17) is 4.42 Å². The number of rotatable bonds is 5. The van der Waals surface area contributed by atoms with Crippen molar-refractivity contribution in [3.8, 4) is 0 Å². The van der Waals surface area contributed by atoms with Crippen molar-refractivity contribution in [3.05, 3.63) is 12.0 Å². The number of anilines is 1. The average Bonchev–Trinajstić information content (AvgIpc) is 2.84. The van der Waals surface area contributed by atoms with Gasteiger partial charge in [-0.3, -0.25) is 0 Å². The first kappa shape index (κ1) is 14.7. The van der Waals surface area contributed by atoms with Crippen LogP contribution in [-0.4, -0.2) is 49.6 Å². The van der Waals surface area contributed by atoms with Crippen molar-refractivity contribution in [1.82, 2.24) is 10.3 Å². The number of hydrogen-bond acceptors (Lipinski definition) is 7. The Morgan fingerprint density at radius 2 is 2.42 bits per heavy atom. The molecule has 19 heavy (non-hydrogen) atoms. The molecule has 1 fully saturated rings. The molecule has 0 saturated carbocycles. The molecule has 2 rings (SSSR count). The third-order valence-corrected chi connectivity index (χ3v) is 5.56. The average molecular weight is 305 g/mol. The van der Waals surface area contributed by atoms with Crippen molar-refractivity contribution >= 4 is 27.6 Å². The fraction of sp³-hybridized carbons (Fsp3) is 0.727. The third kappa shape index (κ3) is 3.64. The van der Waals surface area contributed by atoms with Crippen LogP contribution in [0.1, 0.15) is 12.6 Å². The lowest BCUT2D eigenvalue weighted by molar-refractivity contribution is 0.521. The van der Waals surface area contributed by atoms with Gasteiger partial charge in [0.1, 0.15) is 11.6 Å². The molecule has 2 heterocycles. The number of nitrogens with zero attached hydrogens (tertiary/aromatic N) is 2. The van der Waals surface area contributed by atoms with Crippen LogP contribution in [0.4, 0.5) is 6.01 Å². The number of hydrogen-bond donors (Lipinski definition) is 1. The maximum atomic E-state index is 11.8. The number of nitrogens with one attached hydrogen (secondary N) is 1. The summed E-state index contributed by atoms with van der Waals surface area (Å²) in [5.74, 6) is 1.45. The molecule has 6 nitrogen and oxygen atoms in total. The van der Waals surface area contributed by atoms with Gasteiger partial charge in [0.15, 0.2) is 9.84 Å². The first-order valence-electron chi connectivity index (χ1n) is 6.20. The smallest absolute Gasteiger partial charge is 0.298 e. The predicted molar refractivity (Wildman–Crippen MR) is 77.2 cm³/mol. The Balaban J connectivity index is 2.16. The zero-order valence-corrected chi connectivity index (χ0v) is 12.8. The lowest BCUT2D eigenvalue weighted by Crippen LogP contribution is -2.47. The van der Waals surface area contributed by atoms with E-state index in [1.165, 1.54) is 6.26 Å². The Labute approximate surface area is 117 Å². The van der Waals surface area contributed by atoms with Gasteiger partial charge < -0.3 is 14.6 Å². The van der Waals surface area contributed by atoms with Gasteiger partial charge in [0.25, 0.3) is 6.01 Å². The van der Waals surface area contributed by atoms with Gasteiger partial charge in [0, 0.05) is 30.9 Å². The molecule has 1 aliphatic heterocycles. The molecule has 0 radical (unpaired) electrons. The van der Waals surface area contributed by atoms with E-state index in [0.29, 0.717) is 24.9 Å². The minimum absolute atomic E-state index is 0.406. The quantitative estimate of drug-likeness (QED) is 0.858. The molecule has 0 amide bonds. The number of thioether (sulfide) groups is 1. The van der Waals surface area contributed by atoms with Crippen LogP contribution in [0.15, 0.2) is 10.7 Å². The molecule has 1 unspecified atom stereocenters. The highest BCUT2D eigenvalue weighted by atomic mass is 32.2. The van der Waals surface area contributed by atoms with E-state index in [1.807, 2.05) is 6.92 Å². The fourth-order valence-electron chi connectivity index (χ4n) is 1.92. The predicted octanol–water partition coefficient (Wildman–Crippen LogP) is 0.708. The summed E-state index contributed by atoms with van der Waals surface area (Å²) in [6.45, 7) is 4.15. The molecule has 0 spiro atoms. The van der Waals surface area contributed by atoms with Crippen molar-refractivity contribution in [3.63, 3.8) is 0 Å². The molecule has 108 valence electrons. The van der Waals surface area contributed by atoms with Crippen molar-refractivity contribution < 1.29 is 12.8 Å². The molecule has 0 bridgehead atoms. The van der Waals surface area contributed by atoms with Crippen LogP contribution in [0, 0.1) is 0 Å². The molecule has 0 aliphatic carbocycles. The zero-order chi connectivity index (χ0) is 13.9. The van der Waals surface area contributed by atoms with Crippen molar-refractivity contribution in [2.24, 2.45) is 0 Å². The molecule has 8 heteroatoms. The van der Waals surface area contributed by atoms with Crippen molar-refractivity contribution in [2.45, 2.75) is 18.8 Å². The summed E-state index contributed by atoms with van der Waals surface area (Å²) in [6.07, 6.45) is 2.85. The van der Waals surface area contributed by atoms with Crippen LogP contribution in [0.2, 0.25) is 0 Å². The molecule has 0 aromatic carbocycles. The Morgan fingerprint density at radius 3 is 3.11 bits per heavy atom. The summed E-state index contributed by atoms with van der Waals surface area (Å²) in [5, 5.41) is 2.61. The zero-order valence-electron chi connectivity index (χ0n) is 11.1. The monoisotopic (exact) mass is 305 g/mol. The highest BCUT2D eigenvalue weighted by Gasteiger charge is 2.33. The van der Waals surface area contributed by atoms with Gasteiger partial charge in [0.2, 0.25) is 0 Å². The first-order chi connectivity index (χ1) is 9.02. The van der Waals surface area contributed by atoms with Crippen LogP contribution in [0.25, 0.3) is 0 Å². The van der Waals surface area contributed by atoms with E-state index in [-0.39, 0.29) is 0 Å². The Bertz CT molecular complexity index is 515. The fourth-order valence-corrected chi connectivity index (χ4v) is 4.73. The van der Waals surface area contributed by atoms with Crippen molar-refractivity contribution in [1.29, 1.82) is 0 Å². The minimum atomic E-state index is -3.14. The van der Waals surface area contributed by atoms with E-state index in [2.05, 4.69) is 10.3 Å². The number of sulfone groups is 1. The normalized spacial score (nSPS) is 20.7. The highest BCUT2D eigenvalue weighted by Crippen LogP contribution is 2.26. The maximum Gasteiger partial charge on any atom is 0.298 e. The summed E-state index contributed by atoms with van der Waals surface area (Å²) >= 11 is 1.65. The summed E-state index contributed by atoms with van der Waals surface area (Å²) in [7, 11) is -3.14. The molecular weight excluding hydrogens is 286 g/mol. The SMILES string of the molecule is CCNCc1coc(N2CCSCC2S(C)(=O)=O)n1. The molecule has 1 atom stereocenters. The van der Waals surface area contributed by atoms with E-state index in [0.717, 1.165) is 18.0 Å².